The van der Waals surface area contributed by atoms with Crippen molar-refractivity contribution in [3.63, 3.8) is 0 Å². The van der Waals surface area contributed by atoms with Crippen LogP contribution in [0.2, 0.25) is 0 Å². The molecule has 0 spiro atoms. The zero-order valence-electron chi connectivity index (χ0n) is 14.9. The van der Waals surface area contributed by atoms with Crippen LogP contribution in [-0.4, -0.2) is 22.8 Å². The highest BCUT2D eigenvalue weighted by Crippen LogP contribution is 2.25. The maximum absolute atomic E-state index is 12.7. The van der Waals surface area contributed by atoms with Crippen LogP contribution in [0, 0.1) is 12.8 Å². The second-order valence-corrected chi connectivity index (χ2v) is 7.57. The molecule has 0 fully saturated rings. The lowest BCUT2D eigenvalue weighted by atomic mass is 10.0. The van der Waals surface area contributed by atoms with Crippen LogP contribution in [0.15, 0.2) is 48.5 Å². The van der Waals surface area contributed by atoms with Crippen LogP contribution in [-0.2, 0) is 4.79 Å². The van der Waals surface area contributed by atoms with Gasteiger partial charge < -0.3 is 10.6 Å². The molecule has 1 atom stereocenters. The Labute approximate surface area is 156 Å². The van der Waals surface area contributed by atoms with Crippen molar-refractivity contribution >= 4 is 38.5 Å². The fraction of sp³-hybridized carbons (Fsp3) is 0.250. The Balaban J connectivity index is 1.74. The molecule has 6 heteroatoms. The van der Waals surface area contributed by atoms with Crippen LogP contribution >= 0.6 is 11.3 Å². The van der Waals surface area contributed by atoms with E-state index in [1.165, 1.54) is 11.3 Å². The maximum atomic E-state index is 12.7. The predicted molar refractivity (Wildman–Crippen MR) is 106 cm³/mol. The van der Waals surface area contributed by atoms with Gasteiger partial charge in [0.05, 0.1) is 10.2 Å². The molecule has 134 valence electrons. The number of para-hydroxylation sites is 1. The van der Waals surface area contributed by atoms with Gasteiger partial charge in [0.15, 0.2) is 5.13 Å². The molecule has 0 aliphatic rings. The summed E-state index contributed by atoms with van der Waals surface area (Å²) in [6.45, 7) is 5.73. The van der Waals surface area contributed by atoms with E-state index in [1.54, 1.807) is 12.1 Å². The quantitative estimate of drug-likeness (QED) is 0.716. The molecule has 0 radical (unpaired) electrons. The predicted octanol–water partition coefficient (Wildman–Crippen LogP) is 4.00. The summed E-state index contributed by atoms with van der Waals surface area (Å²) in [4.78, 5) is 29.6. The van der Waals surface area contributed by atoms with E-state index >= 15 is 0 Å². The molecule has 0 unspecified atom stereocenters. The summed E-state index contributed by atoms with van der Waals surface area (Å²) < 4.78 is 1.01. The molecule has 0 saturated carbocycles. The highest BCUT2D eigenvalue weighted by Gasteiger charge is 2.25. The number of hydrogen-bond acceptors (Lipinski definition) is 4. The second kappa shape index (κ2) is 7.66. The normalized spacial score (nSPS) is 12.2. The van der Waals surface area contributed by atoms with Crippen LogP contribution in [0.25, 0.3) is 10.2 Å². The van der Waals surface area contributed by atoms with Gasteiger partial charge in [-0.3, -0.25) is 9.59 Å². The fourth-order valence-corrected chi connectivity index (χ4v) is 3.52. The fourth-order valence-electron chi connectivity index (χ4n) is 2.65. The van der Waals surface area contributed by atoms with E-state index < -0.39 is 6.04 Å². The third-order valence-corrected chi connectivity index (χ3v) is 4.99. The van der Waals surface area contributed by atoms with Crippen molar-refractivity contribution in [1.29, 1.82) is 0 Å². The van der Waals surface area contributed by atoms with Gasteiger partial charge in [-0.05, 0) is 37.1 Å². The number of rotatable bonds is 5. The largest absolute Gasteiger partial charge is 0.340 e. The van der Waals surface area contributed by atoms with Gasteiger partial charge in [0.1, 0.15) is 6.04 Å². The topological polar surface area (TPSA) is 71.1 Å². The van der Waals surface area contributed by atoms with Gasteiger partial charge in [0, 0.05) is 5.56 Å². The molecule has 0 aliphatic heterocycles. The number of nitrogens with one attached hydrogen (secondary N) is 2. The van der Waals surface area contributed by atoms with Crippen molar-refractivity contribution < 1.29 is 9.59 Å². The molecule has 0 bridgehead atoms. The molecular weight excluding hydrogens is 346 g/mol. The lowest BCUT2D eigenvalue weighted by molar-refractivity contribution is -0.118. The smallest absolute Gasteiger partial charge is 0.251 e. The monoisotopic (exact) mass is 367 g/mol. The van der Waals surface area contributed by atoms with Crippen molar-refractivity contribution in [3.8, 4) is 0 Å². The van der Waals surface area contributed by atoms with E-state index in [0.717, 1.165) is 15.8 Å². The summed E-state index contributed by atoms with van der Waals surface area (Å²) >= 11 is 1.42. The second-order valence-electron chi connectivity index (χ2n) is 6.54. The molecular formula is C20H21N3O2S. The Bertz CT molecular complexity index is 916. The van der Waals surface area contributed by atoms with E-state index in [2.05, 4.69) is 15.6 Å². The number of hydrogen-bond donors (Lipinski definition) is 2. The summed E-state index contributed by atoms with van der Waals surface area (Å²) in [5, 5.41) is 6.21. The summed E-state index contributed by atoms with van der Waals surface area (Å²) in [5.41, 5.74) is 2.39. The number of carbonyl (C=O) groups is 2. The number of thiazole rings is 1. The first-order valence-corrected chi connectivity index (χ1v) is 9.29. The number of aryl methyl sites for hydroxylation is 1. The Kier molecular flexibility index (Phi) is 5.32. The minimum absolute atomic E-state index is 0.0573. The van der Waals surface area contributed by atoms with Crippen molar-refractivity contribution in [2.75, 3.05) is 5.32 Å². The number of anilines is 1. The molecule has 0 aliphatic carbocycles. The van der Waals surface area contributed by atoms with E-state index in [-0.39, 0.29) is 17.7 Å². The van der Waals surface area contributed by atoms with Gasteiger partial charge in [-0.1, -0.05) is 55.0 Å². The molecule has 26 heavy (non-hydrogen) atoms. The number of fused-ring (bicyclic) bond motifs is 1. The third kappa shape index (κ3) is 4.08. The Hall–Kier alpha value is -2.73. The van der Waals surface area contributed by atoms with Crippen LogP contribution < -0.4 is 10.6 Å². The molecule has 5 nitrogen and oxygen atoms in total. The van der Waals surface area contributed by atoms with E-state index in [1.807, 2.05) is 57.2 Å². The van der Waals surface area contributed by atoms with Crippen LogP contribution in [0.4, 0.5) is 5.13 Å². The first kappa shape index (κ1) is 18.1. The van der Waals surface area contributed by atoms with Crippen LogP contribution in [0.1, 0.15) is 29.8 Å². The number of carbonyl (C=O) groups excluding carboxylic acids is 2. The van der Waals surface area contributed by atoms with Gasteiger partial charge in [0.25, 0.3) is 5.91 Å². The summed E-state index contributed by atoms with van der Waals surface area (Å²) in [7, 11) is 0. The Morgan fingerprint density at radius 1 is 1.08 bits per heavy atom. The lowest BCUT2D eigenvalue weighted by Crippen LogP contribution is -2.47. The van der Waals surface area contributed by atoms with Gasteiger partial charge in [-0.15, -0.1) is 0 Å². The van der Waals surface area contributed by atoms with E-state index in [9.17, 15) is 9.59 Å². The van der Waals surface area contributed by atoms with Crippen LogP contribution in [0.5, 0.6) is 0 Å². The molecule has 2 N–H and O–H groups in total. The minimum Gasteiger partial charge on any atom is -0.340 e. The Morgan fingerprint density at radius 3 is 2.54 bits per heavy atom. The van der Waals surface area contributed by atoms with Crippen LogP contribution in [0.3, 0.4) is 0 Å². The third-order valence-electron chi connectivity index (χ3n) is 4.04. The first-order valence-electron chi connectivity index (χ1n) is 8.48. The highest BCUT2D eigenvalue weighted by atomic mass is 32.1. The standard InChI is InChI=1S/C20H21N3O2S/c1-12(2)17(22-18(24)14-8-6-7-13(3)11-14)19(25)23-20-21-15-9-4-5-10-16(15)26-20/h4-12,17H,1-3H3,(H,22,24)(H,21,23,25)/t17-/m1/s1. The molecule has 1 heterocycles. The van der Waals surface area contributed by atoms with E-state index in [4.69, 9.17) is 0 Å². The van der Waals surface area contributed by atoms with Gasteiger partial charge in [-0.25, -0.2) is 4.98 Å². The van der Waals surface area contributed by atoms with Gasteiger partial charge >= 0.3 is 0 Å². The molecule has 1 aromatic heterocycles. The maximum Gasteiger partial charge on any atom is 0.251 e. The molecule has 3 aromatic rings. The number of amides is 2. The van der Waals surface area contributed by atoms with Gasteiger partial charge in [-0.2, -0.15) is 0 Å². The number of aromatic nitrogens is 1. The average Bonchev–Trinajstić information content (AvgIpc) is 3.01. The minimum atomic E-state index is -0.643. The van der Waals surface area contributed by atoms with Crippen molar-refractivity contribution in [3.05, 3.63) is 59.7 Å². The Morgan fingerprint density at radius 2 is 1.85 bits per heavy atom. The zero-order valence-corrected chi connectivity index (χ0v) is 15.8. The summed E-state index contributed by atoms with van der Waals surface area (Å²) in [6.07, 6.45) is 0. The molecule has 2 amide bonds. The van der Waals surface area contributed by atoms with Crippen molar-refractivity contribution in [1.82, 2.24) is 10.3 Å². The zero-order chi connectivity index (χ0) is 18.7. The summed E-state index contributed by atoms with van der Waals surface area (Å²) in [6, 6.07) is 14.4. The summed E-state index contributed by atoms with van der Waals surface area (Å²) in [5.74, 6) is -0.579. The SMILES string of the molecule is Cc1cccc(C(=O)N[C@@H](C(=O)Nc2nc3ccccc3s2)C(C)C)c1. The average molecular weight is 367 g/mol. The first-order chi connectivity index (χ1) is 12.4. The van der Waals surface area contributed by atoms with Crippen molar-refractivity contribution in [2.45, 2.75) is 26.8 Å². The lowest BCUT2D eigenvalue weighted by Gasteiger charge is -2.21. The van der Waals surface area contributed by atoms with Crippen molar-refractivity contribution in [2.24, 2.45) is 5.92 Å². The molecule has 2 aromatic carbocycles. The van der Waals surface area contributed by atoms with E-state index in [0.29, 0.717) is 10.7 Å². The molecule has 3 rings (SSSR count). The highest BCUT2D eigenvalue weighted by molar-refractivity contribution is 7.22. The number of benzene rings is 2. The van der Waals surface area contributed by atoms with Gasteiger partial charge in [0.2, 0.25) is 5.91 Å². The molecule has 0 saturated heterocycles. The number of nitrogens with zero attached hydrogens (tertiary/aromatic N) is 1.